The summed E-state index contributed by atoms with van der Waals surface area (Å²) in [6.45, 7) is 8.54. The lowest BCUT2D eigenvalue weighted by Gasteiger charge is -2.34. The molecule has 0 aliphatic carbocycles. The van der Waals surface area contributed by atoms with Crippen LogP contribution in [0, 0.1) is 23.7 Å². The van der Waals surface area contributed by atoms with Crippen LogP contribution in [0.2, 0.25) is 0 Å². The van der Waals surface area contributed by atoms with Crippen LogP contribution in [0.25, 0.3) is 0 Å². The Morgan fingerprint density at radius 2 is 1.00 bits per heavy atom. The van der Waals surface area contributed by atoms with Crippen LogP contribution in [0.4, 0.5) is 0 Å². The Kier molecular flexibility index (Phi) is 11.1. The Hall–Kier alpha value is -3.26. The fraction of sp³-hybridized carbons (Fsp3) is 0.355. The predicted octanol–water partition coefficient (Wildman–Crippen LogP) is 5.48. The molecule has 2 aromatic carbocycles. The van der Waals surface area contributed by atoms with Crippen molar-refractivity contribution in [3.63, 3.8) is 0 Å². The molecule has 0 N–H and O–H groups in total. The first-order valence-electron chi connectivity index (χ1n) is 13.0. The first-order chi connectivity index (χ1) is 18.0. The van der Waals surface area contributed by atoms with E-state index >= 15 is 0 Å². The molecule has 3 aromatic rings. The van der Waals surface area contributed by atoms with E-state index in [1.807, 2.05) is 48.5 Å². The predicted molar refractivity (Wildman–Crippen MR) is 150 cm³/mol. The minimum absolute atomic E-state index is 0.0918. The zero-order valence-electron chi connectivity index (χ0n) is 22.5. The molecule has 3 rings (SSSR count). The van der Waals surface area contributed by atoms with Crippen LogP contribution in [0.15, 0.2) is 67.3 Å². The number of hydrogen-bond donors (Lipinski definition) is 0. The van der Waals surface area contributed by atoms with Gasteiger partial charge in [-0.25, -0.2) is 9.97 Å². The quantitative estimate of drug-likeness (QED) is 0.266. The lowest BCUT2D eigenvalue weighted by Crippen LogP contribution is -2.59. The van der Waals surface area contributed by atoms with Gasteiger partial charge in [0, 0.05) is 53.6 Å². The molecule has 1 heterocycles. The van der Waals surface area contributed by atoms with Crippen molar-refractivity contribution in [3.05, 3.63) is 89.5 Å². The average molecular weight is 513 g/mol. The fourth-order valence-corrected chi connectivity index (χ4v) is 6.65. The molecule has 0 amide bonds. The van der Waals surface area contributed by atoms with Gasteiger partial charge in [-0.05, 0) is 62.1 Å². The summed E-state index contributed by atoms with van der Waals surface area (Å²) < 4.78 is 19.2. The smallest absolute Gasteiger partial charge is 0.373 e. The lowest BCUT2D eigenvalue weighted by molar-refractivity contribution is 0.0196. The number of hydrogen-bond acceptors (Lipinski definition) is 5. The number of aromatic nitrogens is 2. The van der Waals surface area contributed by atoms with Crippen LogP contribution >= 0.6 is 0 Å². The van der Waals surface area contributed by atoms with Gasteiger partial charge in [-0.15, -0.1) is 0 Å². The zero-order chi connectivity index (χ0) is 26.5. The van der Waals surface area contributed by atoms with E-state index in [1.165, 1.54) is 6.33 Å². The van der Waals surface area contributed by atoms with Gasteiger partial charge in [0.05, 0.1) is 5.56 Å². The summed E-state index contributed by atoms with van der Waals surface area (Å²) in [5.41, 5.74) is 3.54. The topological polar surface area (TPSA) is 53.5 Å². The third-order valence-electron chi connectivity index (χ3n) is 6.12. The summed E-state index contributed by atoms with van der Waals surface area (Å²) in [6.07, 6.45) is 8.71. The third kappa shape index (κ3) is 8.11. The van der Waals surface area contributed by atoms with Crippen molar-refractivity contribution < 1.29 is 13.3 Å². The van der Waals surface area contributed by atoms with Crippen LogP contribution in [-0.4, -0.2) is 38.1 Å². The summed E-state index contributed by atoms with van der Waals surface area (Å²) in [7, 11) is -1.37. The molecular weight excluding hydrogens is 476 g/mol. The van der Waals surface area contributed by atoms with Gasteiger partial charge >= 0.3 is 8.80 Å². The van der Waals surface area contributed by atoms with E-state index < -0.39 is 8.80 Å². The van der Waals surface area contributed by atoms with Crippen molar-refractivity contribution in [1.29, 1.82) is 0 Å². The Morgan fingerprint density at radius 3 is 1.38 bits per heavy atom. The minimum Gasteiger partial charge on any atom is -0.373 e. The maximum atomic E-state index is 6.57. The maximum Gasteiger partial charge on any atom is 0.537 e. The summed E-state index contributed by atoms with van der Waals surface area (Å²) >= 11 is 0. The third-order valence-corrected chi connectivity index (χ3v) is 8.99. The molecule has 0 saturated heterocycles. The fourth-order valence-electron chi connectivity index (χ4n) is 3.77. The van der Waals surface area contributed by atoms with Gasteiger partial charge in [0.25, 0.3) is 0 Å². The maximum absolute atomic E-state index is 6.57. The molecule has 0 aliphatic heterocycles. The Labute approximate surface area is 223 Å². The molecule has 0 bridgehead atoms. The van der Waals surface area contributed by atoms with Crippen molar-refractivity contribution in [1.82, 2.24) is 9.97 Å². The van der Waals surface area contributed by atoms with E-state index in [9.17, 15) is 0 Å². The Bertz CT molecular complexity index is 1200. The minimum atomic E-state index is -3.07. The van der Waals surface area contributed by atoms with E-state index in [-0.39, 0.29) is 12.2 Å². The van der Waals surface area contributed by atoms with Crippen molar-refractivity contribution in [2.75, 3.05) is 7.11 Å². The van der Waals surface area contributed by atoms with E-state index in [2.05, 4.69) is 61.3 Å². The van der Waals surface area contributed by atoms with E-state index in [0.717, 1.165) is 53.1 Å². The van der Waals surface area contributed by atoms with Crippen molar-refractivity contribution >= 4 is 14.0 Å². The first kappa shape index (κ1) is 28.3. The SMILES string of the molecule is CCC(CC)O[Si](OC)(OC(CC)CC)c1ccc(C#Cc2ccc(C#Cc3cncnc3)cc2)cc1. The molecule has 0 atom stereocenters. The molecule has 0 saturated carbocycles. The molecule has 0 fully saturated rings. The van der Waals surface area contributed by atoms with Crippen LogP contribution in [0.5, 0.6) is 0 Å². The normalized spacial score (nSPS) is 11.1. The van der Waals surface area contributed by atoms with Gasteiger partial charge in [0.1, 0.15) is 6.33 Å². The van der Waals surface area contributed by atoms with Gasteiger partial charge in [-0.2, -0.15) is 0 Å². The number of nitrogens with zero attached hydrogens (tertiary/aromatic N) is 2. The van der Waals surface area contributed by atoms with Crippen LogP contribution in [0.1, 0.15) is 75.6 Å². The molecule has 0 spiro atoms. The number of benzene rings is 2. The largest absolute Gasteiger partial charge is 0.537 e. The highest BCUT2D eigenvalue weighted by atomic mass is 28.4. The first-order valence-corrected chi connectivity index (χ1v) is 14.7. The zero-order valence-corrected chi connectivity index (χ0v) is 23.5. The standard InChI is InChI=1S/C31H36N2O3Si/c1-6-29(7-2)35-37(34-5,36-30(8-3)9-4)31-20-18-27(19-21-31)15-14-25-10-12-26(13-11-25)16-17-28-22-32-24-33-23-28/h10-13,18-24,29-30H,6-9H2,1-5H3. The highest BCUT2D eigenvalue weighted by Crippen LogP contribution is 2.20. The van der Waals surface area contributed by atoms with Crippen LogP contribution in [0.3, 0.4) is 0 Å². The number of rotatable bonds is 10. The summed E-state index contributed by atoms with van der Waals surface area (Å²) in [5.74, 6) is 12.7. The summed E-state index contributed by atoms with van der Waals surface area (Å²) in [4.78, 5) is 7.96. The highest BCUT2D eigenvalue weighted by molar-refractivity contribution is 6.75. The molecule has 37 heavy (non-hydrogen) atoms. The van der Waals surface area contributed by atoms with E-state index in [0.29, 0.717) is 0 Å². The molecule has 0 radical (unpaired) electrons. The highest BCUT2D eigenvalue weighted by Gasteiger charge is 2.46. The van der Waals surface area contributed by atoms with Crippen molar-refractivity contribution in [2.45, 2.75) is 65.6 Å². The Morgan fingerprint density at radius 1 is 0.622 bits per heavy atom. The van der Waals surface area contributed by atoms with E-state index in [4.69, 9.17) is 13.3 Å². The molecule has 5 nitrogen and oxygen atoms in total. The second-order valence-corrected chi connectivity index (χ2v) is 11.2. The molecule has 6 heteroatoms. The second kappa shape index (κ2) is 14.5. The summed E-state index contributed by atoms with van der Waals surface area (Å²) in [5, 5.41) is 0.964. The van der Waals surface area contributed by atoms with Gasteiger partial charge < -0.3 is 13.3 Å². The molecule has 192 valence electrons. The van der Waals surface area contributed by atoms with E-state index in [1.54, 1.807) is 19.5 Å². The van der Waals surface area contributed by atoms with Gasteiger partial charge in [0.2, 0.25) is 0 Å². The molecule has 0 aliphatic rings. The van der Waals surface area contributed by atoms with Crippen molar-refractivity contribution in [2.24, 2.45) is 0 Å². The monoisotopic (exact) mass is 512 g/mol. The molecule has 1 aromatic heterocycles. The second-order valence-electron chi connectivity index (χ2n) is 8.65. The van der Waals surface area contributed by atoms with Crippen LogP contribution < -0.4 is 5.19 Å². The van der Waals surface area contributed by atoms with Crippen molar-refractivity contribution in [3.8, 4) is 23.7 Å². The molecular formula is C31H36N2O3Si. The van der Waals surface area contributed by atoms with Gasteiger partial charge in [-0.1, -0.05) is 63.5 Å². The van der Waals surface area contributed by atoms with Crippen LogP contribution in [-0.2, 0) is 13.3 Å². The average Bonchev–Trinajstić information content (AvgIpc) is 2.97. The lowest BCUT2D eigenvalue weighted by atomic mass is 10.1. The Balaban J connectivity index is 1.77. The van der Waals surface area contributed by atoms with Gasteiger partial charge in [0.15, 0.2) is 0 Å². The molecule has 0 unspecified atom stereocenters. The van der Waals surface area contributed by atoms with Gasteiger partial charge in [-0.3, -0.25) is 0 Å². The summed E-state index contributed by atoms with van der Waals surface area (Å²) in [6, 6.07) is 16.0.